The predicted molar refractivity (Wildman–Crippen MR) is 82.3 cm³/mol. The number of likely N-dealkylation sites (N-methyl/N-ethyl adjacent to an activating group) is 1. The zero-order valence-corrected chi connectivity index (χ0v) is 14.2. The number of carbonyl (C=O) groups excluding carboxylic acids is 1. The van der Waals surface area contributed by atoms with Crippen LogP contribution in [0, 0.1) is 11.3 Å². The number of nitriles is 1. The summed E-state index contributed by atoms with van der Waals surface area (Å²) in [6.45, 7) is -0.141. The molecule has 1 aromatic carbocycles. The van der Waals surface area contributed by atoms with E-state index < -0.39 is 47.7 Å². The Kier molecular flexibility index (Phi) is 6.52. The molecule has 0 aliphatic carbocycles. The van der Waals surface area contributed by atoms with Crippen LogP contribution in [0.25, 0.3) is 0 Å². The maximum Gasteiger partial charge on any atom is 0.417 e. The largest absolute Gasteiger partial charge is 0.417 e. The van der Waals surface area contributed by atoms with Gasteiger partial charge in [-0.2, -0.15) is 31.6 Å². The van der Waals surface area contributed by atoms with Gasteiger partial charge >= 0.3 is 12.4 Å². The van der Waals surface area contributed by atoms with Crippen LogP contribution in [0.2, 0.25) is 0 Å². The van der Waals surface area contributed by atoms with Gasteiger partial charge in [-0.05, 0) is 24.6 Å². The topological polar surface area (TPSA) is 47.3 Å². The summed E-state index contributed by atoms with van der Waals surface area (Å²) >= 11 is 0. The lowest BCUT2D eigenvalue weighted by Gasteiger charge is -2.34. The summed E-state index contributed by atoms with van der Waals surface area (Å²) in [6, 6.07) is 2.31. The van der Waals surface area contributed by atoms with E-state index in [0.29, 0.717) is 11.0 Å². The molecule has 0 heterocycles. The molecule has 1 atom stereocenters. The zero-order valence-electron chi connectivity index (χ0n) is 14.2. The number of alkyl halides is 6. The van der Waals surface area contributed by atoms with Crippen LogP contribution in [-0.4, -0.2) is 43.7 Å². The molecule has 0 saturated heterocycles. The van der Waals surface area contributed by atoms with E-state index in [9.17, 15) is 31.1 Å². The SMILES string of the molecule is CCC(C(=O)N(C)C)N(CC(F)(F)F)c1ccc(C#N)c(C(F)(F)F)c1. The van der Waals surface area contributed by atoms with Crippen LogP contribution < -0.4 is 4.90 Å². The Morgan fingerprint density at radius 3 is 2.15 bits per heavy atom. The van der Waals surface area contributed by atoms with E-state index >= 15 is 0 Å². The average Bonchev–Trinajstić information content (AvgIpc) is 2.51. The Bertz CT molecular complexity index is 691. The highest BCUT2D eigenvalue weighted by atomic mass is 19.4. The number of halogens is 6. The summed E-state index contributed by atoms with van der Waals surface area (Å²) in [7, 11) is 2.69. The van der Waals surface area contributed by atoms with Gasteiger partial charge in [0.05, 0.1) is 17.2 Å². The molecule has 1 amide bonds. The molecule has 0 bridgehead atoms. The highest BCUT2D eigenvalue weighted by molar-refractivity contribution is 5.85. The molecule has 10 heteroatoms. The monoisotopic (exact) mass is 381 g/mol. The molecule has 0 aliphatic rings. The van der Waals surface area contributed by atoms with Gasteiger partial charge in [-0.3, -0.25) is 4.79 Å². The van der Waals surface area contributed by atoms with E-state index in [0.717, 1.165) is 17.0 Å². The Hall–Kier alpha value is -2.44. The molecule has 1 rings (SSSR count). The summed E-state index contributed by atoms with van der Waals surface area (Å²) in [4.78, 5) is 13.9. The summed E-state index contributed by atoms with van der Waals surface area (Å²) < 4.78 is 78.3. The van der Waals surface area contributed by atoms with Crippen molar-refractivity contribution >= 4 is 11.6 Å². The van der Waals surface area contributed by atoms with E-state index in [4.69, 9.17) is 5.26 Å². The fourth-order valence-electron chi connectivity index (χ4n) is 2.44. The zero-order chi connectivity index (χ0) is 20.3. The molecule has 144 valence electrons. The van der Waals surface area contributed by atoms with Crippen LogP contribution in [0.4, 0.5) is 32.0 Å². The van der Waals surface area contributed by atoms with E-state index in [1.807, 2.05) is 0 Å². The lowest BCUT2D eigenvalue weighted by atomic mass is 10.0. The first-order valence-electron chi connectivity index (χ1n) is 7.47. The van der Waals surface area contributed by atoms with Gasteiger partial charge in [-0.15, -0.1) is 0 Å². The third kappa shape index (κ3) is 5.28. The minimum absolute atomic E-state index is 0.0472. The maximum atomic E-state index is 13.1. The van der Waals surface area contributed by atoms with Gasteiger partial charge in [-0.1, -0.05) is 6.92 Å². The van der Waals surface area contributed by atoms with Crippen molar-refractivity contribution in [3.8, 4) is 6.07 Å². The van der Waals surface area contributed by atoms with Crippen molar-refractivity contribution in [2.45, 2.75) is 31.7 Å². The molecule has 0 spiro atoms. The number of hydrogen-bond acceptors (Lipinski definition) is 3. The first-order valence-corrected chi connectivity index (χ1v) is 7.47. The summed E-state index contributed by atoms with van der Waals surface area (Å²) in [5.74, 6) is -0.672. The number of hydrogen-bond donors (Lipinski definition) is 0. The normalized spacial score (nSPS) is 13.1. The van der Waals surface area contributed by atoms with Crippen molar-refractivity contribution in [1.82, 2.24) is 4.90 Å². The summed E-state index contributed by atoms with van der Waals surface area (Å²) in [5.41, 5.74) is -2.49. The first kappa shape index (κ1) is 21.6. The summed E-state index contributed by atoms with van der Waals surface area (Å²) in [6.07, 6.45) is -9.71. The molecule has 0 radical (unpaired) electrons. The Morgan fingerprint density at radius 1 is 1.19 bits per heavy atom. The minimum Gasteiger partial charge on any atom is -0.350 e. The molecule has 1 aromatic rings. The molecule has 0 aromatic heterocycles. The highest BCUT2D eigenvalue weighted by Gasteiger charge is 2.39. The number of amides is 1. The van der Waals surface area contributed by atoms with Crippen LogP contribution >= 0.6 is 0 Å². The predicted octanol–water partition coefficient (Wildman–Crippen LogP) is 3.81. The van der Waals surface area contributed by atoms with Gasteiger partial charge in [-0.25, -0.2) is 0 Å². The lowest BCUT2D eigenvalue weighted by Crippen LogP contribution is -2.49. The Balaban J connectivity index is 3.53. The Labute approximate surface area is 146 Å². The molecule has 1 unspecified atom stereocenters. The number of anilines is 1. The van der Waals surface area contributed by atoms with Crippen molar-refractivity contribution in [1.29, 1.82) is 5.26 Å². The Morgan fingerprint density at radius 2 is 1.77 bits per heavy atom. The van der Waals surface area contributed by atoms with E-state index in [1.54, 1.807) is 0 Å². The van der Waals surface area contributed by atoms with Crippen molar-refractivity contribution in [3.63, 3.8) is 0 Å². The lowest BCUT2D eigenvalue weighted by molar-refractivity contribution is -0.137. The van der Waals surface area contributed by atoms with Gasteiger partial charge < -0.3 is 9.80 Å². The van der Waals surface area contributed by atoms with Crippen molar-refractivity contribution in [3.05, 3.63) is 29.3 Å². The number of rotatable bonds is 5. The molecule has 0 aliphatic heterocycles. The minimum atomic E-state index is -4.92. The first-order chi connectivity index (χ1) is 11.8. The van der Waals surface area contributed by atoms with Gasteiger partial charge in [0.1, 0.15) is 12.6 Å². The summed E-state index contributed by atoms with van der Waals surface area (Å²) in [5, 5.41) is 8.81. The fourth-order valence-corrected chi connectivity index (χ4v) is 2.44. The fraction of sp³-hybridized carbons (Fsp3) is 0.500. The molecule has 0 fully saturated rings. The van der Waals surface area contributed by atoms with Gasteiger partial charge in [0, 0.05) is 19.8 Å². The van der Waals surface area contributed by atoms with Crippen molar-refractivity contribution in [2.24, 2.45) is 0 Å². The number of benzene rings is 1. The second kappa shape index (κ2) is 7.85. The molecular formula is C16H17F6N3O. The smallest absolute Gasteiger partial charge is 0.350 e. The van der Waals surface area contributed by atoms with Crippen LogP contribution in [0.1, 0.15) is 24.5 Å². The van der Waals surface area contributed by atoms with Crippen molar-refractivity contribution in [2.75, 3.05) is 25.5 Å². The average molecular weight is 381 g/mol. The second-order valence-electron chi connectivity index (χ2n) is 5.74. The van der Waals surface area contributed by atoms with E-state index in [2.05, 4.69) is 0 Å². The molecule has 26 heavy (non-hydrogen) atoms. The van der Waals surface area contributed by atoms with Crippen LogP contribution in [-0.2, 0) is 11.0 Å². The molecule has 0 N–H and O–H groups in total. The highest BCUT2D eigenvalue weighted by Crippen LogP contribution is 2.36. The van der Waals surface area contributed by atoms with Gasteiger partial charge in [0.15, 0.2) is 0 Å². The quantitative estimate of drug-likeness (QED) is 0.729. The standard InChI is InChI=1S/C16H17F6N3O/c1-4-13(14(26)24(2)3)25(9-15(17,18)19)11-6-5-10(8-23)12(7-11)16(20,21)22/h5-7,13H,4,9H2,1-3H3. The van der Waals surface area contributed by atoms with Crippen molar-refractivity contribution < 1.29 is 31.1 Å². The van der Waals surface area contributed by atoms with Crippen LogP contribution in [0.3, 0.4) is 0 Å². The molecule has 0 saturated carbocycles. The molecule has 4 nitrogen and oxygen atoms in total. The molecular weight excluding hydrogens is 364 g/mol. The number of carbonyl (C=O) groups is 1. The van der Waals surface area contributed by atoms with Crippen LogP contribution in [0.15, 0.2) is 18.2 Å². The van der Waals surface area contributed by atoms with E-state index in [-0.39, 0.29) is 6.42 Å². The van der Waals surface area contributed by atoms with Crippen LogP contribution in [0.5, 0.6) is 0 Å². The van der Waals surface area contributed by atoms with Gasteiger partial charge in [0.2, 0.25) is 5.91 Å². The van der Waals surface area contributed by atoms with E-state index in [1.165, 1.54) is 27.1 Å². The van der Waals surface area contributed by atoms with Gasteiger partial charge in [0.25, 0.3) is 0 Å². The third-order valence-corrected chi connectivity index (χ3v) is 3.60. The second-order valence-corrected chi connectivity index (χ2v) is 5.74. The maximum absolute atomic E-state index is 13.1. The number of nitrogens with zero attached hydrogens (tertiary/aromatic N) is 3. The third-order valence-electron chi connectivity index (χ3n) is 3.60.